The highest BCUT2D eigenvalue weighted by Crippen LogP contribution is 2.36. The molecule has 4 rings (SSSR count). The average Bonchev–Trinajstić information content (AvgIpc) is 3.42. The monoisotopic (exact) mass is 439 g/mol. The first-order chi connectivity index (χ1) is 14.5. The molecule has 0 spiro atoms. The maximum Gasteiger partial charge on any atom is 0.313 e. The summed E-state index contributed by atoms with van der Waals surface area (Å²) in [5.41, 5.74) is 3.89. The molecule has 0 bridgehead atoms. The molecule has 1 aliphatic heterocycles. The van der Waals surface area contributed by atoms with Crippen LogP contribution in [0.4, 0.5) is 11.4 Å². The third kappa shape index (κ3) is 4.35. The highest BCUT2D eigenvalue weighted by Gasteiger charge is 2.28. The minimum absolute atomic E-state index is 0.0285. The molecule has 0 saturated carbocycles. The number of carbonyl (C=O) groups is 2. The molecule has 1 aliphatic rings. The summed E-state index contributed by atoms with van der Waals surface area (Å²) in [6.45, 7) is 3.10. The number of hydrogen-bond acceptors (Lipinski definition) is 4. The van der Waals surface area contributed by atoms with Gasteiger partial charge in [0.15, 0.2) is 0 Å². The molecule has 2 aromatic carbocycles. The van der Waals surface area contributed by atoms with E-state index in [0.29, 0.717) is 17.3 Å². The Kier molecular flexibility index (Phi) is 6.06. The van der Waals surface area contributed by atoms with E-state index in [9.17, 15) is 9.59 Å². The van der Waals surface area contributed by atoms with Crippen molar-refractivity contribution in [3.8, 4) is 0 Å². The van der Waals surface area contributed by atoms with Gasteiger partial charge in [0.1, 0.15) is 0 Å². The Labute approximate surface area is 184 Å². The molecule has 1 unspecified atom stereocenters. The number of benzene rings is 2. The van der Waals surface area contributed by atoms with Gasteiger partial charge >= 0.3 is 11.8 Å². The largest absolute Gasteiger partial charge is 0.361 e. The Bertz CT molecular complexity index is 1070. The summed E-state index contributed by atoms with van der Waals surface area (Å²) < 4.78 is 0. The molecule has 7 heteroatoms. The molecule has 154 valence electrons. The van der Waals surface area contributed by atoms with Crippen molar-refractivity contribution in [2.24, 2.45) is 0 Å². The van der Waals surface area contributed by atoms with Crippen LogP contribution < -0.4 is 15.5 Å². The Morgan fingerprint density at radius 3 is 2.73 bits per heavy atom. The molecule has 0 aliphatic carbocycles. The van der Waals surface area contributed by atoms with E-state index in [1.807, 2.05) is 30.5 Å². The number of carbonyl (C=O) groups excluding carboxylic acids is 2. The minimum Gasteiger partial charge on any atom is -0.361 e. The minimum atomic E-state index is -0.707. The summed E-state index contributed by atoms with van der Waals surface area (Å²) in [6.07, 6.45) is 0.973. The number of nitrogens with zero attached hydrogens (tertiary/aromatic N) is 1. The second kappa shape index (κ2) is 8.90. The van der Waals surface area contributed by atoms with Crippen LogP contribution in [-0.4, -0.2) is 24.9 Å². The summed E-state index contributed by atoms with van der Waals surface area (Å²) in [5.74, 6) is -1.37. The molecule has 0 saturated heterocycles. The van der Waals surface area contributed by atoms with Crippen LogP contribution >= 0.6 is 22.9 Å². The van der Waals surface area contributed by atoms with E-state index in [4.69, 9.17) is 11.6 Å². The van der Waals surface area contributed by atoms with E-state index in [0.717, 1.165) is 23.4 Å². The van der Waals surface area contributed by atoms with Crippen LogP contribution in [0.2, 0.25) is 5.02 Å². The Hall–Kier alpha value is -2.83. The van der Waals surface area contributed by atoms with Gasteiger partial charge in [-0.25, -0.2) is 0 Å². The zero-order valence-corrected chi connectivity index (χ0v) is 18.1. The molecular formula is C23H22ClN3O2S. The summed E-state index contributed by atoms with van der Waals surface area (Å²) >= 11 is 7.74. The van der Waals surface area contributed by atoms with Gasteiger partial charge in [0.2, 0.25) is 0 Å². The fourth-order valence-electron chi connectivity index (χ4n) is 3.66. The first kappa shape index (κ1) is 20.4. The van der Waals surface area contributed by atoms with E-state index >= 15 is 0 Å². The Morgan fingerprint density at radius 2 is 1.97 bits per heavy atom. The summed E-state index contributed by atoms with van der Waals surface area (Å²) in [6, 6.07) is 17.5. The van der Waals surface area contributed by atoms with Gasteiger partial charge in [0.05, 0.1) is 6.04 Å². The molecule has 1 atom stereocenters. The fraction of sp³-hybridized carbons (Fsp3) is 0.217. The molecule has 3 aromatic rings. The van der Waals surface area contributed by atoms with Crippen molar-refractivity contribution in [1.29, 1.82) is 0 Å². The van der Waals surface area contributed by atoms with Crippen LogP contribution in [0.25, 0.3) is 0 Å². The van der Waals surface area contributed by atoms with Gasteiger partial charge in [-0.1, -0.05) is 41.9 Å². The van der Waals surface area contributed by atoms with Gasteiger partial charge in [-0.05, 0) is 54.1 Å². The third-order valence-electron chi connectivity index (χ3n) is 5.26. The molecule has 0 radical (unpaired) electrons. The summed E-state index contributed by atoms with van der Waals surface area (Å²) in [5, 5.41) is 7.98. The smallest absolute Gasteiger partial charge is 0.313 e. The van der Waals surface area contributed by atoms with E-state index in [1.54, 1.807) is 29.5 Å². The van der Waals surface area contributed by atoms with E-state index in [1.165, 1.54) is 11.3 Å². The molecular weight excluding hydrogens is 418 g/mol. The zero-order valence-electron chi connectivity index (χ0n) is 16.5. The van der Waals surface area contributed by atoms with Gasteiger partial charge < -0.3 is 15.5 Å². The predicted octanol–water partition coefficient (Wildman–Crippen LogP) is 4.57. The summed E-state index contributed by atoms with van der Waals surface area (Å²) in [4.78, 5) is 28.3. The number of halogens is 1. The van der Waals surface area contributed by atoms with Crippen LogP contribution in [0.5, 0.6) is 0 Å². The average molecular weight is 440 g/mol. The first-order valence-corrected chi connectivity index (χ1v) is 11.0. The van der Waals surface area contributed by atoms with E-state index in [2.05, 4.69) is 33.7 Å². The molecule has 5 nitrogen and oxygen atoms in total. The number of thiophene rings is 1. The molecule has 0 fully saturated rings. The lowest BCUT2D eigenvalue weighted by atomic mass is 10.1. The predicted molar refractivity (Wildman–Crippen MR) is 122 cm³/mol. The number of aryl methyl sites for hydroxylation is 1. The second-order valence-corrected chi connectivity index (χ2v) is 8.62. The first-order valence-electron chi connectivity index (χ1n) is 9.76. The van der Waals surface area contributed by atoms with Crippen LogP contribution in [0.3, 0.4) is 0 Å². The maximum atomic E-state index is 12.5. The van der Waals surface area contributed by atoms with Gasteiger partial charge in [-0.3, -0.25) is 9.59 Å². The Morgan fingerprint density at radius 1 is 1.13 bits per heavy atom. The number of amides is 2. The number of para-hydroxylation sites is 1. The van der Waals surface area contributed by atoms with Crippen LogP contribution in [0.15, 0.2) is 60.0 Å². The molecule has 2 N–H and O–H groups in total. The van der Waals surface area contributed by atoms with Crippen molar-refractivity contribution in [2.75, 3.05) is 23.3 Å². The molecule has 2 amide bonds. The van der Waals surface area contributed by atoms with Crippen molar-refractivity contribution in [3.05, 3.63) is 81.0 Å². The van der Waals surface area contributed by atoms with Gasteiger partial charge in [0.25, 0.3) is 0 Å². The van der Waals surface area contributed by atoms with Crippen molar-refractivity contribution in [2.45, 2.75) is 19.4 Å². The SMILES string of the molecule is Cc1ccc(NC(=O)C(=O)NCC(c2cccs2)N2CCc3ccccc32)cc1Cl. The van der Waals surface area contributed by atoms with Crippen molar-refractivity contribution in [3.63, 3.8) is 0 Å². The van der Waals surface area contributed by atoms with Crippen molar-refractivity contribution >= 4 is 46.1 Å². The molecule has 30 heavy (non-hydrogen) atoms. The topological polar surface area (TPSA) is 61.4 Å². The molecule has 2 heterocycles. The van der Waals surface area contributed by atoms with E-state index < -0.39 is 11.8 Å². The van der Waals surface area contributed by atoms with Crippen LogP contribution in [0, 0.1) is 6.92 Å². The lowest BCUT2D eigenvalue weighted by Gasteiger charge is -2.30. The van der Waals surface area contributed by atoms with Crippen LogP contribution in [0.1, 0.15) is 22.0 Å². The third-order valence-corrected chi connectivity index (χ3v) is 6.64. The number of rotatable bonds is 5. The highest BCUT2D eigenvalue weighted by molar-refractivity contribution is 7.10. The van der Waals surface area contributed by atoms with Gasteiger partial charge in [0, 0.05) is 34.4 Å². The van der Waals surface area contributed by atoms with Crippen LogP contribution in [-0.2, 0) is 16.0 Å². The summed E-state index contributed by atoms with van der Waals surface area (Å²) in [7, 11) is 0. The lowest BCUT2D eigenvalue weighted by molar-refractivity contribution is -0.136. The Balaban J connectivity index is 1.44. The zero-order chi connectivity index (χ0) is 21.1. The number of hydrogen-bond donors (Lipinski definition) is 2. The molecule has 1 aromatic heterocycles. The van der Waals surface area contributed by atoms with E-state index in [-0.39, 0.29) is 6.04 Å². The lowest BCUT2D eigenvalue weighted by Crippen LogP contribution is -2.41. The quantitative estimate of drug-likeness (QED) is 0.572. The second-order valence-electron chi connectivity index (χ2n) is 7.23. The van der Waals surface area contributed by atoms with Gasteiger partial charge in [-0.15, -0.1) is 11.3 Å². The fourth-order valence-corrected chi connectivity index (χ4v) is 4.68. The van der Waals surface area contributed by atoms with Crippen molar-refractivity contribution < 1.29 is 9.59 Å². The number of fused-ring (bicyclic) bond motifs is 1. The normalized spacial score (nSPS) is 13.6. The highest BCUT2D eigenvalue weighted by atomic mass is 35.5. The maximum absolute atomic E-state index is 12.5. The standard InChI is InChI=1S/C23H22ClN3O2S/c1-15-8-9-17(13-18(15)24)26-23(29)22(28)25-14-20(21-7-4-12-30-21)27-11-10-16-5-2-3-6-19(16)27/h2-9,12-13,20H,10-11,14H2,1H3,(H,25,28)(H,26,29). The van der Waals surface area contributed by atoms with Crippen molar-refractivity contribution in [1.82, 2.24) is 5.32 Å². The number of anilines is 2. The number of nitrogens with one attached hydrogen (secondary N) is 2. The van der Waals surface area contributed by atoms with Gasteiger partial charge in [-0.2, -0.15) is 0 Å².